The van der Waals surface area contributed by atoms with Crippen molar-refractivity contribution in [1.29, 1.82) is 0 Å². The predicted molar refractivity (Wildman–Crippen MR) is 138 cm³/mol. The van der Waals surface area contributed by atoms with Crippen LogP contribution in [0.5, 0.6) is 0 Å². The van der Waals surface area contributed by atoms with Crippen molar-refractivity contribution in [2.45, 2.75) is 19.9 Å². The number of nitrogens with zero attached hydrogens (tertiary/aromatic N) is 4. The third kappa shape index (κ3) is 6.18. The van der Waals surface area contributed by atoms with Crippen molar-refractivity contribution >= 4 is 35.5 Å². The fraction of sp³-hybridized carbons (Fsp3) is 0.423. The Morgan fingerprint density at radius 3 is 2.59 bits per heavy atom. The Kier molecular flexibility index (Phi) is 8.24. The molecule has 7 nitrogen and oxygen atoms in total. The van der Waals surface area contributed by atoms with E-state index in [1.165, 1.54) is 5.56 Å². The van der Waals surface area contributed by atoms with Crippen molar-refractivity contribution in [1.82, 2.24) is 9.91 Å². The van der Waals surface area contributed by atoms with Gasteiger partial charge in [-0.1, -0.05) is 18.2 Å². The van der Waals surface area contributed by atoms with Crippen LogP contribution < -0.4 is 4.90 Å². The number of carbonyl (C=O) groups is 2. The second kappa shape index (κ2) is 11.5. The SMILES string of the molecule is CCOC(=O)CN1CCc2ccc(C(=O)N(C)c3ccc(C=NN4CCSCC4)cc3)cc2C1. The number of esters is 1. The lowest BCUT2D eigenvalue weighted by atomic mass is 9.97. The van der Waals surface area contributed by atoms with E-state index in [4.69, 9.17) is 4.74 Å². The van der Waals surface area contributed by atoms with Crippen LogP contribution in [-0.2, 0) is 22.5 Å². The Morgan fingerprint density at radius 1 is 1.09 bits per heavy atom. The summed E-state index contributed by atoms with van der Waals surface area (Å²) in [5.74, 6) is 1.98. The first-order valence-corrected chi connectivity index (χ1v) is 12.9. The first-order valence-electron chi connectivity index (χ1n) is 11.8. The van der Waals surface area contributed by atoms with Gasteiger partial charge >= 0.3 is 5.97 Å². The summed E-state index contributed by atoms with van der Waals surface area (Å²) in [4.78, 5) is 28.8. The molecule has 1 fully saturated rings. The highest BCUT2D eigenvalue weighted by Gasteiger charge is 2.21. The molecule has 4 rings (SSSR count). The minimum absolute atomic E-state index is 0.0578. The summed E-state index contributed by atoms with van der Waals surface area (Å²) in [5, 5.41) is 6.67. The van der Waals surface area contributed by atoms with Crippen LogP contribution in [0.15, 0.2) is 47.6 Å². The summed E-state index contributed by atoms with van der Waals surface area (Å²) >= 11 is 1.96. The Morgan fingerprint density at radius 2 is 1.85 bits per heavy atom. The zero-order chi connectivity index (χ0) is 23.9. The summed E-state index contributed by atoms with van der Waals surface area (Å²) in [6, 6.07) is 13.8. The summed E-state index contributed by atoms with van der Waals surface area (Å²) < 4.78 is 5.08. The fourth-order valence-corrected chi connectivity index (χ4v) is 5.07. The number of hydrazone groups is 1. The molecular formula is C26H32N4O3S. The van der Waals surface area contributed by atoms with Crippen molar-refractivity contribution in [3.63, 3.8) is 0 Å². The lowest BCUT2D eigenvalue weighted by Gasteiger charge is -2.28. The van der Waals surface area contributed by atoms with E-state index >= 15 is 0 Å². The van der Waals surface area contributed by atoms with Crippen LogP contribution in [0.4, 0.5) is 5.69 Å². The number of benzene rings is 2. The van der Waals surface area contributed by atoms with Gasteiger partial charge in [-0.2, -0.15) is 16.9 Å². The molecule has 2 aliphatic rings. The molecule has 0 saturated carbocycles. The molecule has 0 N–H and O–H groups in total. The van der Waals surface area contributed by atoms with Gasteiger partial charge in [-0.25, -0.2) is 0 Å². The Bertz CT molecular complexity index is 1030. The maximum absolute atomic E-state index is 13.2. The molecule has 8 heteroatoms. The van der Waals surface area contributed by atoms with Crippen molar-refractivity contribution < 1.29 is 14.3 Å². The molecule has 2 aromatic carbocycles. The highest BCUT2D eigenvalue weighted by Crippen LogP contribution is 2.23. The molecule has 1 saturated heterocycles. The lowest BCUT2D eigenvalue weighted by molar-refractivity contribution is -0.144. The number of hydrogen-bond donors (Lipinski definition) is 0. The van der Waals surface area contributed by atoms with E-state index in [2.05, 4.69) is 15.0 Å². The molecule has 0 unspecified atom stereocenters. The molecule has 0 aromatic heterocycles. The zero-order valence-electron chi connectivity index (χ0n) is 19.9. The first kappa shape index (κ1) is 24.3. The standard InChI is InChI=1S/C26H32N4O3S/c1-3-33-25(31)19-29-11-10-21-6-7-22(16-23(21)18-29)26(32)28(2)24-8-4-20(5-9-24)17-27-30-12-14-34-15-13-30/h4-9,16-17H,3,10-15,18-19H2,1-2H3. The van der Waals surface area contributed by atoms with Gasteiger partial charge in [-0.15, -0.1) is 0 Å². The van der Waals surface area contributed by atoms with Gasteiger partial charge in [0.1, 0.15) is 0 Å². The maximum atomic E-state index is 13.2. The predicted octanol–water partition coefficient (Wildman–Crippen LogP) is 3.27. The average Bonchev–Trinajstić information content (AvgIpc) is 2.87. The molecule has 0 spiro atoms. The molecule has 2 aromatic rings. The van der Waals surface area contributed by atoms with E-state index < -0.39 is 0 Å². The highest BCUT2D eigenvalue weighted by atomic mass is 32.2. The summed E-state index contributed by atoms with van der Waals surface area (Å²) in [7, 11) is 1.79. The van der Waals surface area contributed by atoms with Gasteiger partial charge in [0.15, 0.2) is 0 Å². The van der Waals surface area contributed by atoms with Crippen molar-refractivity contribution in [3.05, 3.63) is 64.7 Å². The quantitative estimate of drug-likeness (QED) is 0.448. The van der Waals surface area contributed by atoms with E-state index in [1.807, 2.05) is 67.4 Å². The molecule has 0 atom stereocenters. The Balaban J connectivity index is 1.39. The number of hydrogen-bond acceptors (Lipinski definition) is 7. The van der Waals surface area contributed by atoms with Crippen LogP contribution in [0.3, 0.4) is 0 Å². The normalized spacial score (nSPS) is 16.4. The van der Waals surface area contributed by atoms with Crippen molar-refractivity contribution in [3.8, 4) is 0 Å². The second-order valence-electron chi connectivity index (χ2n) is 8.52. The maximum Gasteiger partial charge on any atom is 0.320 e. The number of carbonyl (C=O) groups excluding carboxylic acids is 2. The van der Waals surface area contributed by atoms with Crippen LogP contribution in [0.2, 0.25) is 0 Å². The monoisotopic (exact) mass is 480 g/mol. The van der Waals surface area contributed by atoms with Gasteiger partial charge in [-0.05, 0) is 54.3 Å². The van der Waals surface area contributed by atoms with Gasteiger partial charge in [-0.3, -0.25) is 19.5 Å². The van der Waals surface area contributed by atoms with Gasteiger partial charge in [0.2, 0.25) is 0 Å². The number of thioether (sulfide) groups is 1. The Labute approximate surface area is 205 Å². The van der Waals surface area contributed by atoms with Gasteiger partial charge in [0, 0.05) is 56.0 Å². The van der Waals surface area contributed by atoms with E-state index in [0.29, 0.717) is 18.7 Å². The van der Waals surface area contributed by atoms with Crippen LogP contribution in [0, 0.1) is 0 Å². The fourth-order valence-electron chi connectivity index (χ4n) is 4.19. The molecule has 0 aliphatic carbocycles. The van der Waals surface area contributed by atoms with Gasteiger partial charge in [0.05, 0.1) is 19.4 Å². The molecular weight excluding hydrogens is 448 g/mol. The minimum atomic E-state index is -0.207. The number of anilines is 1. The first-order chi connectivity index (χ1) is 16.5. The van der Waals surface area contributed by atoms with E-state index in [1.54, 1.807) is 11.9 Å². The van der Waals surface area contributed by atoms with E-state index in [-0.39, 0.29) is 18.4 Å². The molecule has 1 amide bonds. The number of fused-ring (bicyclic) bond motifs is 1. The van der Waals surface area contributed by atoms with E-state index in [0.717, 1.165) is 54.4 Å². The summed E-state index contributed by atoms with van der Waals surface area (Å²) in [6.07, 6.45) is 2.74. The highest BCUT2D eigenvalue weighted by molar-refractivity contribution is 7.99. The third-order valence-corrected chi connectivity index (χ3v) is 7.09. The summed E-state index contributed by atoms with van der Waals surface area (Å²) in [6.45, 7) is 5.90. The third-order valence-electron chi connectivity index (χ3n) is 6.15. The summed E-state index contributed by atoms with van der Waals surface area (Å²) in [5.41, 5.74) is 4.82. The van der Waals surface area contributed by atoms with Crippen LogP contribution in [0.25, 0.3) is 0 Å². The minimum Gasteiger partial charge on any atom is -0.465 e. The Hall–Kier alpha value is -2.84. The number of ether oxygens (including phenoxy) is 1. The average molecular weight is 481 g/mol. The van der Waals surface area contributed by atoms with Gasteiger partial charge in [0.25, 0.3) is 5.91 Å². The number of rotatable bonds is 7. The van der Waals surface area contributed by atoms with Crippen molar-refractivity contribution in [2.24, 2.45) is 5.10 Å². The molecule has 0 bridgehead atoms. The molecule has 180 valence electrons. The second-order valence-corrected chi connectivity index (χ2v) is 9.74. The molecule has 2 heterocycles. The largest absolute Gasteiger partial charge is 0.465 e. The van der Waals surface area contributed by atoms with Crippen LogP contribution >= 0.6 is 11.8 Å². The van der Waals surface area contributed by atoms with Crippen LogP contribution in [0.1, 0.15) is 34.0 Å². The molecule has 0 radical (unpaired) electrons. The molecule has 34 heavy (non-hydrogen) atoms. The lowest BCUT2D eigenvalue weighted by Crippen LogP contribution is -2.36. The number of amides is 1. The van der Waals surface area contributed by atoms with E-state index in [9.17, 15) is 9.59 Å². The topological polar surface area (TPSA) is 65.5 Å². The molecule has 2 aliphatic heterocycles. The van der Waals surface area contributed by atoms with Crippen molar-refractivity contribution in [2.75, 3.05) is 56.2 Å². The zero-order valence-corrected chi connectivity index (χ0v) is 20.7. The van der Waals surface area contributed by atoms with Crippen LogP contribution in [-0.4, -0.2) is 79.3 Å². The smallest absolute Gasteiger partial charge is 0.320 e. The van der Waals surface area contributed by atoms with Gasteiger partial charge < -0.3 is 9.64 Å².